The Kier molecular flexibility index (Phi) is 7.16. The van der Waals surface area contributed by atoms with Gasteiger partial charge in [-0.05, 0) is 37.1 Å². The van der Waals surface area contributed by atoms with Crippen LogP contribution in [0.15, 0.2) is 41.3 Å². The third kappa shape index (κ3) is 5.34. The minimum Gasteiger partial charge on any atom is -0.465 e. The Labute approximate surface area is 201 Å². The van der Waals surface area contributed by atoms with Crippen molar-refractivity contribution in [1.29, 1.82) is 0 Å². The van der Waals surface area contributed by atoms with Crippen molar-refractivity contribution < 1.29 is 17.9 Å². The SMILES string of the molecule is CCOC(=O)C1Cc2cc([Si](C)(C)C)c([Si](C)(C)C)cc2CN1S(=O)(=O)c1ccc(C)cc1. The van der Waals surface area contributed by atoms with Gasteiger partial charge in [0, 0.05) is 13.0 Å². The lowest BCUT2D eigenvalue weighted by Crippen LogP contribution is -2.58. The summed E-state index contributed by atoms with van der Waals surface area (Å²) in [6.07, 6.45) is 0.336. The van der Waals surface area contributed by atoms with E-state index >= 15 is 0 Å². The maximum absolute atomic E-state index is 13.7. The van der Waals surface area contributed by atoms with Crippen molar-refractivity contribution in [3.05, 3.63) is 53.1 Å². The highest BCUT2D eigenvalue weighted by Crippen LogP contribution is 2.30. The Morgan fingerprint density at radius 2 is 1.48 bits per heavy atom. The van der Waals surface area contributed by atoms with Gasteiger partial charge in [0.25, 0.3) is 0 Å². The van der Waals surface area contributed by atoms with E-state index in [2.05, 4.69) is 51.4 Å². The molecular formula is C25H37NO4SSi2. The molecule has 0 saturated heterocycles. The van der Waals surface area contributed by atoms with Gasteiger partial charge in [0.2, 0.25) is 10.0 Å². The molecule has 0 N–H and O–H groups in total. The van der Waals surface area contributed by atoms with Crippen LogP contribution in [0.3, 0.4) is 0 Å². The Hall–Kier alpha value is -1.75. The fourth-order valence-electron chi connectivity index (χ4n) is 4.39. The lowest BCUT2D eigenvalue weighted by Gasteiger charge is -2.37. The molecule has 180 valence electrons. The molecule has 0 saturated carbocycles. The number of nitrogens with zero attached hydrogens (tertiary/aromatic N) is 1. The summed E-state index contributed by atoms with van der Waals surface area (Å²) in [5, 5.41) is 2.83. The van der Waals surface area contributed by atoms with Gasteiger partial charge in [-0.25, -0.2) is 8.42 Å². The number of benzene rings is 2. The molecule has 1 aliphatic rings. The van der Waals surface area contributed by atoms with Crippen molar-refractivity contribution >= 4 is 42.5 Å². The summed E-state index contributed by atoms with van der Waals surface area (Å²) in [7, 11) is -7.17. The second kappa shape index (κ2) is 9.13. The lowest BCUT2D eigenvalue weighted by atomic mass is 9.96. The van der Waals surface area contributed by atoms with E-state index in [4.69, 9.17) is 4.74 Å². The first-order valence-electron chi connectivity index (χ1n) is 11.6. The van der Waals surface area contributed by atoms with E-state index in [-0.39, 0.29) is 18.0 Å². The molecule has 8 heteroatoms. The van der Waals surface area contributed by atoms with Gasteiger partial charge in [0.05, 0.1) is 27.7 Å². The fraction of sp³-hybridized carbons (Fsp3) is 0.480. The van der Waals surface area contributed by atoms with Crippen LogP contribution < -0.4 is 10.4 Å². The average Bonchev–Trinajstić information content (AvgIpc) is 2.71. The van der Waals surface area contributed by atoms with Crippen molar-refractivity contribution in [2.24, 2.45) is 0 Å². The fourth-order valence-corrected chi connectivity index (χ4v) is 11.2. The van der Waals surface area contributed by atoms with E-state index in [1.807, 2.05) is 6.92 Å². The zero-order valence-electron chi connectivity index (χ0n) is 21.2. The summed E-state index contributed by atoms with van der Waals surface area (Å²) in [4.78, 5) is 13.1. The number of sulfonamides is 1. The van der Waals surface area contributed by atoms with E-state index in [0.29, 0.717) is 6.42 Å². The Bertz CT molecular complexity index is 1150. The van der Waals surface area contributed by atoms with E-state index in [0.717, 1.165) is 16.7 Å². The summed E-state index contributed by atoms with van der Waals surface area (Å²) in [5.74, 6) is -0.484. The Morgan fingerprint density at radius 3 is 1.97 bits per heavy atom. The van der Waals surface area contributed by atoms with Gasteiger partial charge in [-0.1, -0.05) is 79.5 Å². The predicted molar refractivity (Wildman–Crippen MR) is 140 cm³/mol. The van der Waals surface area contributed by atoms with Crippen molar-refractivity contribution in [1.82, 2.24) is 4.31 Å². The first-order valence-corrected chi connectivity index (χ1v) is 20.0. The number of esters is 1. The number of ether oxygens (including phenoxy) is 1. The van der Waals surface area contributed by atoms with Gasteiger partial charge in [0.15, 0.2) is 0 Å². The van der Waals surface area contributed by atoms with Crippen LogP contribution in [0.1, 0.15) is 23.6 Å². The number of hydrogen-bond acceptors (Lipinski definition) is 4. The van der Waals surface area contributed by atoms with Crippen LogP contribution in [-0.2, 0) is 32.5 Å². The zero-order chi connectivity index (χ0) is 24.8. The molecular weight excluding hydrogens is 467 g/mol. The zero-order valence-corrected chi connectivity index (χ0v) is 24.0. The molecule has 0 bridgehead atoms. The van der Waals surface area contributed by atoms with E-state index < -0.39 is 38.2 Å². The molecule has 5 nitrogen and oxygen atoms in total. The molecule has 1 unspecified atom stereocenters. The van der Waals surface area contributed by atoms with Crippen molar-refractivity contribution in [3.8, 4) is 0 Å². The Balaban J connectivity index is 2.18. The van der Waals surface area contributed by atoms with Gasteiger partial charge < -0.3 is 4.74 Å². The number of carbonyl (C=O) groups is 1. The summed E-state index contributed by atoms with van der Waals surface area (Å²) in [6, 6.07) is 10.5. The molecule has 0 fully saturated rings. The number of rotatable bonds is 6. The van der Waals surface area contributed by atoms with E-state index in [1.54, 1.807) is 31.2 Å². The minimum atomic E-state index is -3.87. The summed E-state index contributed by atoms with van der Waals surface area (Å²) in [5.41, 5.74) is 3.06. The molecule has 2 aromatic rings. The minimum absolute atomic E-state index is 0.179. The molecule has 0 aliphatic carbocycles. The van der Waals surface area contributed by atoms with E-state index in [9.17, 15) is 13.2 Å². The van der Waals surface area contributed by atoms with Crippen LogP contribution in [0, 0.1) is 6.92 Å². The first-order chi connectivity index (χ1) is 15.2. The molecule has 33 heavy (non-hydrogen) atoms. The van der Waals surface area contributed by atoms with E-state index in [1.165, 1.54) is 14.7 Å². The molecule has 0 spiro atoms. The topological polar surface area (TPSA) is 63.7 Å². The predicted octanol–water partition coefficient (Wildman–Crippen LogP) is 3.76. The maximum Gasteiger partial charge on any atom is 0.324 e. The highest BCUT2D eigenvalue weighted by molar-refractivity contribution is 7.89. The highest BCUT2D eigenvalue weighted by atomic mass is 32.2. The van der Waals surface area contributed by atoms with Gasteiger partial charge in [-0.15, -0.1) is 0 Å². The number of aryl methyl sites for hydroxylation is 1. The van der Waals surface area contributed by atoms with Gasteiger partial charge in [-0.2, -0.15) is 4.31 Å². The normalized spacial score (nSPS) is 17.5. The number of carbonyl (C=O) groups excluding carboxylic acids is 1. The van der Waals surface area contributed by atoms with Crippen LogP contribution in [0.2, 0.25) is 39.3 Å². The third-order valence-corrected chi connectivity index (χ3v) is 12.4. The summed E-state index contributed by atoms with van der Waals surface area (Å²) >= 11 is 0. The van der Waals surface area contributed by atoms with Crippen LogP contribution >= 0.6 is 0 Å². The Morgan fingerprint density at radius 1 is 0.970 bits per heavy atom. The average molecular weight is 504 g/mol. The second-order valence-corrected chi connectivity index (χ2v) is 23.0. The van der Waals surface area contributed by atoms with Crippen LogP contribution in [0.4, 0.5) is 0 Å². The maximum atomic E-state index is 13.7. The van der Waals surface area contributed by atoms with Gasteiger partial charge in [-0.3, -0.25) is 4.79 Å². The standard InChI is InChI=1S/C25H37NO4SSi2/c1-9-30-25(27)22-14-19-15-23(32(3,4)5)24(33(6,7)8)16-20(19)17-26(22)31(28,29)21-12-10-18(2)11-13-21/h10-13,15-16,22H,9,14,17H2,1-8H3. The quantitative estimate of drug-likeness (QED) is 0.445. The summed E-state index contributed by atoms with van der Waals surface area (Å²) < 4.78 is 34.0. The molecule has 2 aromatic carbocycles. The van der Waals surface area contributed by atoms with Crippen molar-refractivity contribution in [2.75, 3.05) is 6.61 Å². The first kappa shape index (κ1) is 25.9. The van der Waals surface area contributed by atoms with Gasteiger partial charge in [0.1, 0.15) is 6.04 Å². The van der Waals surface area contributed by atoms with Crippen LogP contribution in [0.5, 0.6) is 0 Å². The third-order valence-electron chi connectivity index (χ3n) is 6.23. The van der Waals surface area contributed by atoms with Crippen molar-refractivity contribution in [2.45, 2.75) is 77.0 Å². The lowest BCUT2D eigenvalue weighted by molar-refractivity contribution is -0.148. The molecule has 1 atom stereocenters. The molecule has 0 radical (unpaired) electrons. The molecule has 0 amide bonds. The highest BCUT2D eigenvalue weighted by Gasteiger charge is 2.41. The van der Waals surface area contributed by atoms with Crippen LogP contribution in [-0.4, -0.2) is 47.5 Å². The largest absolute Gasteiger partial charge is 0.465 e. The molecule has 1 aliphatic heterocycles. The molecule has 3 rings (SSSR count). The smallest absolute Gasteiger partial charge is 0.324 e. The summed E-state index contributed by atoms with van der Waals surface area (Å²) in [6.45, 7) is 18.1. The molecule has 1 heterocycles. The molecule has 0 aromatic heterocycles. The monoisotopic (exact) mass is 503 g/mol. The second-order valence-electron chi connectivity index (χ2n) is 11.0. The van der Waals surface area contributed by atoms with Gasteiger partial charge >= 0.3 is 5.97 Å². The van der Waals surface area contributed by atoms with Crippen LogP contribution in [0.25, 0.3) is 0 Å². The number of hydrogen-bond donors (Lipinski definition) is 0. The van der Waals surface area contributed by atoms with Crippen molar-refractivity contribution in [3.63, 3.8) is 0 Å². The number of fused-ring (bicyclic) bond motifs is 1.